The van der Waals surface area contributed by atoms with E-state index in [1.165, 1.54) is 0 Å². The van der Waals surface area contributed by atoms with Crippen molar-refractivity contribution in [2.45, 2.75) is 58.9 Å². The maximum Gasteiger partial charge on any atom is 0.408 e. The zero-order valence-electron chi connectivity index (χ0n) is 18.2. The van der Waals surface area contributed by atoms with Gasteiger partial charge in [-0.2, -0.15) is 0 Å². The molecule has 0 heterocycles. The first-order valence-corrected chi connectivity index (χ1v) is 13.1. The molecule has 174 valence electrons. The number of hydrogen-bond donors (Lipinski definition) is 2. The predicted molar refractivity (Wildman–Crippen MR) is 123 cm³/mol. The molecular formula is C20H29ClN2O6S2. The van der Waals surface area contributed by atoms with Crippen LogP contribution in [0.3, 0.4) is 0 Å². The monoisotopic (exact) mass is 492 g/mol. The molecule has 1 unspecified atom stereocenters. The van der Waals surface area contributed by atoms with Crippen LogP contribution in [-0.2, 0) is 34.7 Å². The summed E-state index contributed by atoms with van der Waals surface area (Å²) in [5, 5.41) is 5.04. The zero-order chi connectivity index (χ0) is 23.6. The second kappa shape index (κ2) is 12.9. The molecular weight excluding hydrogens is 464 g/mol. The maximum absolute atomic E-state index is 12.8. The Morgan fingerprint density at radius 2 is 1.74 bits per heavy atom. The Bertz CT molecular complexity index is 771. The van der Waals surface area contributed by atoms with E-state index in [4.69, 9.17) is 20.2 Å². The fourth-order valence-electron chi connectivity index (χ4n) is 2.33. The molecule has 8 nitrogen and oxygen atoms in total. The molecule has 1 aromatic carbocycles. The number of hydrogen-bond acceptors (Lipinski definition) is 7. The lowest BCUT2D eigenvalue weighted by Crippen LogP contribution is -2.55. The van der Waals surface area contributed by atoms with Gasteiger partial charge in [0.1, 0.15) is 24.3 Å². The molecule has 0 spiro atoms. The first-order chi connectivity index (χ1) is 14.4. The van der Waals surface area contributed by atoms with Crippen molar-refractivity contribution in [2.75, 3.05) is 5.75 Å². The summed E-state index contributed by atoms with van der Waals surface area (Å²) in [5.41, 5.74) is 0.0545. The highest BCUT2D eigenvalue weighted by Gasteiger charge is 2.32. The van der Waals surface area contributed by atoms with Crippen molar-refractivity contribution in [1.82, 2.24) is 10.6 Å². The number of rotatable bonds is 10. The summed E-state index contributed by atoms with van der Waals surface area (Å²) in [6, 6.07) is 6.98. The quantitative estimate of drug-likeness (QED) is 0.293. The van der Waals surface area contributed by atoms with Gasteiger partial charge in [-0.15, -0.1) is 0 Å². The number of esters is 1. The molecule has 0 radical (unpaired) electrons. The van der Waals surface area contributed by atoms with Gasteiger partial charge in [0.05, 0.1) is 0 Å². The third-order valence-corrected chi connectivity index (χ3v) is 6.19. The molecule has 0 fully saturated rings. The smallest absolute Gasteiger partial charge is 0.408 e. The van der Waals surface area contributed by atoms with Crippen LogP contribution in [0.1, 0.15) is 40.2 Å². The topological polar surface area (TPSA) is 111 Å². The van der Waals surface area contributed by atoms with Crippen LogP contribution in [0.25, 0.3) is 0 Å². The van der Waals surface area contributed by atoms with E-state index in [1.54, 1.807) is 46.8 Å². The van der Waals surface area contributed by atoms with Crippen LogP contribution in [-0.4, -0.2) is 45.6 Å². The summed E-state index contributed by atoms with van der Waals surface area (Å²) in [7, 11) is 4.47. The van der Waals surface area contributed by atoms with Crippen molar-refractivity contribution in [3.63, 3.8) is 0 Å². The fourth-order valence-corrected chi connectivity index (χ4v) is 4.00. The number of halogens is 1. The van der Waals surface area contributed by atoms with Crippen molar-refractivity contribution in [1.29, 1.82) is 0 Å². The van der Waals surface area contributed by atoms with Crippen LogP contribution in [0.4, 0.5) is 4.79 Å². The van der Waals surface area contributed by atoms with Gasteiger partial charge in [0.25, 0.3) is 0 Å². The van der Waals surface area contributed by atoms with Gasteiger partial charge in [-0.25, -0.2) is 13.8 Å². The third kappa shape index (κ3) is 11.4. The summed E-state index contributed by atoms with van der Waals surface area (Å²) in [6.07, 6.45) is -0.830. The minimum atomic E-state index is -1.77. The molecule has 31 heavy (non-hydrogen) atoms. The molecule has 0 aromatic heterocycles. The number of benzene rings is 1. The van der Waals surface area contributed by atoms with Gasteiger partial charge in [-0.3, -0.25) is 4.79 Å². The standard InChI is InChI=1S/C20H29ClN2O6S2/c1-13(2)16(18(25)29-20(3,4)5)23-17(24)15(12-30-31(21)27)22-19(26)28-11-14-9-7-6-8-10-14/h6-10,13,15-16H,11-12H2,1-5H3,(H,22,26)(H,23,24)/t15-,16+,31?/m0/s1. The molecule has 0 saturated carbocycles. The lowest BCUT2D eigenvalue weighted by atomic mass is 10.0. The zero-order valence-corrected chi connectivity index (χ0v) is 20.6. The fraction of sp³-hybridized carbons (Fsp3) is 0.550. The van der Waals surface area contributed by atoms with Gasteiger partial charge in [0, 0.05) is 16.4 Å². The average Bonchev–Trinajstić information content (AvgIpc) is 2.66. The van der Waals surface area contributed by atoms with Gasteiger partial charge >= 0.3 is 12.1 Å². The van der Waals surface area contributed by atoms with Crippen LogP contribution >= 0.6 is 21.5 Å². The van der Waals surface area contributed by atoms with Crippen LogP contribution in [0.15, 0.2) is 30.3 Å². The minimum absolute atomic E-state index is 0.0160. The highest BCUT2D eigenvalue weighted by molar-refractivity contribution is 8.77. The summed E-state index contributed by atoms with van der Waals surface area (Å²) < 4.78 is 21.8. The molecule has 0 bridgehead atoms. The van der Waals surface area contributed by atoms with E-state index in [2.05, 4.69) is 10.6 Å². The number of carbonyl (C=O) groups is 3. The Hall–Kier alpha value is -1.78. The largest absolute Gasteiger partial charge is 0.458 e. The minimum Gasteiger partial charge on any atom is -0.458 e. The average molecular weight is 493 g/mol. The van der Waals surface area contributed by atoms with Crippen molar-refractivity contribution in [3.8, 4) is 0 Å². The van der Waals surface area contributed by atoms with E-state index < -0.39 is 44.7 Å². The van der Waals surface area contributed by atoms with Crippen LogP contribution < -0.4 is 10.6 Å². The van der Waals surface area contributed by atoms with E-state index in [1.807, 2.05) is 18.2 Å². The van der Waals surface area contributed by atoms with Crippen molar-refractivity contribution in [2.24, 2.45) is 5.92 Å². The summed E-state index contributed by atoms with van der Waals surface area (Å²) in [6.45, 7) is 8.71. The van der Waals surface area contributed by atoms with E-state index in [0.717, 1.165) is 16.4 Å². The molecule has 1 rings (SSSR count). The molecule has 2 N–H and O–H groups in total. The molecule has 2 amide bonds. The lowest BCUT2D eigenvalue weighted by Gasteiger charge is -2.28. The van der Waals surface area contributed by atoms with Gasteiger partial charge < -0.3 is 20.1 Å². The lowest BCUT2D eigenvalue weighted by molar-refractivity contribution is -0.160. The second-order valence-electron chi connectivity index (χ2n) is 8.00. The summed E-state index contributed by atoms with van der Waals surface area (Å²) >= 11 is 0. The SMILES string of the molecule is CC(C)[C@@H](NC(=O)[C@H](CSS(=O)Cl)NC(=O)OCc1ccccc1)C(=O)OC(C)(C)C. The van der Waals surface area contributed by atoms with E-state index in [-0.39, 0.29) is 18.3 Å². The molecule has 11 heteroatoms. The number of nitrogens with one attached hydrogen (secondary N) is 2. The van der Waals surface area contributed by atoms with Crippen LogP contribution in [0.2, 0.25) is 0 Å². The Morgan fingerprint density at radius 1 is 1.13 bits per heavy atom. The Balaban J connectivity index is 2.81. The molecule has 3 atom stereocenters. The highest BCUT2D eigenvalue weighted by Crippen LogP contribution is 2.15. The summed E-state index contributed by atoms with van der Waals surface area (Å²) in [4.78, 5) is 37.5. The Morgan fingerprint density at radius 3 is 2.26 bits per heavy atom. The van der Waals surface area contributed by atoms with Crippen molar-refractivity contribution < 1.29 is 28.1 Å². The number of amides is 2. The Kier molecular flexibility index (Phi) is 11.4. The van der Waals surface area contributed by atoms with Gasteiger partial charge in [-0.05, 0) is 43.0 Å². The van der Waals surface area contributed by atoms with Gasteiger partial charge in [0.15, 0.2) is 9.05 Å². The molecule has 0 aliphatic carbocycles. The summed E-state index contributed by atoms with van der Waals surface area (Å²) in [5.74, 6) is -1.58. The Labute approximate surface area is 193 Å². The third-order valence-electron chi connectivity index (χ3n) is 3.77. The predicted octanol–water partition coefficient (Wildman–Crippen LogP) is 3.31. The van der Waals surface area contributed by atoms with E-state index in [9.17, 15) is 18.6 Å². The highest BCUT2D eigenvalue weighted by atomic mass is 35.7. The maximum atomic E-state index is 12.8. The van der Waals surface area contributed by atoms with Crippen LogP contribution in [0.5, 0.6) is 0 Å². The molecule has 0 aliphatic rings. The van der Waals surface area contributed by atoms with E-state index >= 15 is 0 Å². The first kappa shape index (κ1) is 27.3. The molecule has 0 saturated heterocycles. The van der Waals surface area contributed by atoms with Crippen molar-refractivity contribution >= 4 is 48.5 Å². The van der Waals surface area contributed by atoms with Crippen LogP contribution in [0, 0.1) is 5.92 Å². The molecule has 1 aromatic rings. The van der Waals surface area contributed by atoms with E-state index in [0.29, 0.717) is 0 Å². The number of alkyl carbamates (subject to hydrolysis) is 1. The number of carbonyl (C=O) groups excluding carboxylic acids is 3. The van der Waals surface area contributed by atoms with Gasteiger partial charge in [0.2, 0.25) is 5.91 Å². The normalized spacial score (nSPS) is 14.3. The van der Waals surface area contributed by atoms with Crippen molar-refractivity contribution in [3.05, 3.63) is 35.9 Å². The first-order valence-electron chi connectivity index (χ1n) is 9.60. The second-order valence-corrected chi connectivity index (χ2v) is 12.0. The number of ether oxygens (including phenoxy) is 2. The molecule has 0 aliphatic heterocycles. The van der Waals surface area contributed by atoms with Gasteiger partial charge in [-0.1, -0.05) is 44.2 Å².